The van der Waals surface area contributed by atoms with E-state index in [2.05, 4.69) is 28.4 Å². The molecule has 1 unspecified atom stereocenters. The van der Waals surface area contributed by atoms with Gasteiger partial charge in [0.2, 0.25) is 0 Å². The number of nitrogens with zero attached hydrogens (tertiary/aromatic N) is 1. The van der Waals surface area contributed by atoms with Gasteiger partial charge in [-0.15, -0.1) is 11.3 Å². The van der Waals surface area contributed by atoms with Crippen molar-refractivity contribution in [1.82, 2.24) is 10.2 Å². The summed E-state index contributed by atoms with van der Waals surface area (Å²) >= 11 is 1.68. The number of nitrogens with one attached hydrogen (secondary N) is 1. The SMILES string of the molecule is Fc1ccc(C(c2cc3ccccc3s2)N2CCNCC2)c(F)c1. The van der Waals surface area contributed by atoms with Gasteiger partial charge in [0.1, 0.15) is 11.6 Å². The van der Waals surface area contributed by atoms with Crippen LogP contribution in [0.15, 0.2) is 48.5 Å². The molecule has 1 aromatic heterocycles. The maximum atomic E-state index is 14.5. The van der Waals surface area contributed by atoms with Crippen LogP contribution < -0.4 is 5.32 Å². The zero-order valence-electron chi connectivity index (χ0n) is 13.1. The predicted molar refractivity (Wildman–Crippen MR) is 94.5 cm³/mol. The Balaban J connectivity index is 1.82. The van der Waals surface area contributed by atoms with Crippen molar-refractivity contribution < 1.29 is 8.78 Å². The van der Waals surface area contributed by atoms with Crippen LogP contribution in [0.1, 0.15) is 16.5 Å². The molecule has 124 valence electrons. The summed E-state index contributed by atoms with van der Waals surface area (Å²) in [6, 6.07) is 14.1. The molecule has 0 aliphatic carbocycles. The highest BCUT2D eigenvalue weighted by Gasteiger charge is 2.28. The van der Waals surface area contributed by atoms with Gasteiger partial charge in [-0.1, -0.05) is 24.3 Å². The third kappa shape index (κ3) is 2.95. The molecule has 0 spiro atoms. The maximum Gasteiger partial charge on any atom is 0.131 e. The molecule has 1 N–H and O–H groups in total. The van der Waals surface area contributed by atoms with Crippen LogP contribution in [0.25, 0.3) is 10.1 Å². The molecule has 1 saturated heterocycles. The first-order valence-electron chi connectivity index (χ1n) is 8.10. The fourth-order valence-electron chi connectivity index (χ4n) is 3.33. The lowest BCUT2D eigenvalue weighted by atomic mass is 10.0. The maximum absolute atomic E-state index is 14.5. The Morgan fingerprint density at radius 1 is 1.00 bits per heavy atom. The molecular weight excluding hydrogens is 326 g/mol. The minimum Gasteiger partial charge on any atom is -0.314 e. The number of hydrogen-bond acceptors (Lipinski definition) is 3. The Kier molecular flexibility index (Phi) is 4.31. The summed E-state index contributed by atoms with van der Waals surface area (Å²) in [5.74, 6) is -1.01. The Bertz CT molecular complexity index is 822. The average molecular weight is 344 g/mol. The zero-order chi connectivity index (χ0) is 16.5. The number of thiophene rings is 1. The monoisotopic (exact) mass is 344 g/mol. The summed E-state index contributed by atoms with van der Waals surface area (Å²) in [6.07, 6.45) is 0. The highest BCUT2D eigenvalue weighted by atomic mass is 32.1. The second-order valence-electron chi connectivity index (χ2n) is 6.04. The average Bonchev–Trinajstić information content (AvgIpc) is 3.01. The summed E-state index contributed by atoms with van der Waals surface area (Å²) in [4.78, 5) is 3.38. The molecule has 0 bridgehead atoms. The van der Waals surface area contributed by atoms with Crippen LogP contribution in [0.3, 0.4) is 0 Å². The van der Waals surface area contributed by atoms with Crippen LogP contribution in [0.4, 0.5) is 8.78 Å². The smallest absolute Gasteiger partial charge is 0.131 e. The molecule has 24 heavy (non-hydrogen) atoms. The number of fused-ring (bicyclic) bond motifs is 1. The molecule has 4 rings (SSSR count). The van der Waals surface area contributed by atoms with E-state index in [0.29, 0.717) is 5.56 Å². The van der Waals surface area contributed by atoms with Gasteiger partial charge in [-0.2, -0.15) is 0 Å². The van der Waals surface area contributed by atoms with E-state index in [1.807, 2.05) is 12.1 Å². The van der Waals surface area contributed by atoms with Gasteiger partial charge in [-0.3, -0.25) is 4.90 Å². The third-order valence-corrected chi connectivity index (χ3v) is 5.66. The molecule has 1 atom stereocenters. The number of piperazine rings is 1. The highest BCUT2D eigenvalue weighted by Crippen LogP contribution is 2.37. The van der Waals surface area contributed by atoms with E-state index >= 15 is 0 Å². The molecular formula is C19H18F2N2S. The summed E-state index contributed by atoms with van der Waals surface area (Å²) in [5.41, 5.74) is 0.546. The van der Waals surface area contributed by atoms with Crippen LogP contribution in [-0.4, -0.2) is 31.1 Å². The van der Waals surface area contributed by atoms with Crippen LogP contribution in [0.5, 0.6) is 0 Å². The van der Waals surface area contributed by atoms with Crippen molar-refractivity contribution in [3.63, 3.8) is 0 Å². The van der Waals surface area contributed by atoms with E-state index in [-0.39, 0.29) is 6.04 Å². The van der Waals surface area contributed by atoms with Crippen LogP contribution in [0, 0.1) is 11.6 Å². The largest absolute Gasteiger partial charge is 0.314 e. The van der Waals surface area contributed by atoms with Gasteiger partial charge in [0.05, 0.1) is 6.04 Å². The zero-order valence-corrected chi connectivity index (χ0v) is 14.0. The van der Waals surface area contributed by atoms with Gasteiger partial charge >= 0.3 is 0 Å². The molecule has 1 aliphatic rings. The minimum atomic E-state index is -0.536. The van der Waals surface area contributed by atoms with Crippen molar-refractivity contribution >= 4 is 21.4 Å². The molecule has 0 radical (unpaired) electrons. The Morgan fingerprint density at radius 3 is 2.54 bits per heavy atom. The third-order valence-electron chi connectivity index (χ3n) is 4.49. The molecule has 2 aromatic carbocycles. The van der Waals surface area contributed by atoms with Crippen molar-refractivity contribution in [2.75, 3.05) is 26.2 Å². The minimum absolute atomic E-state index is 0.176. The van der Waals surface area contributed by atoms with Gasteiger partial charge in [0.25, 0.3) is 0 Å². The normalized spacial score (nSPS) is 17.2. The van der Waals surface area contributed by atoms with Crippen molar-refractivity contribution in [2.24, 2.45) is 0 Å². The topological polar surface area (TPSA) is 15.3 Å². The highest BCUT2D eigenvalue weighted by molar-refractivity contribution is 7.19. The van der Waals surface area contributed by atoms with E-state index in [0.717, 1.165) is 37.1 Å². The van der Waals surface area contributed by atoms with E-state index in [9.17, 15) is 8.78 Å². The lowest BCUT2D eigenvalue weighted by molar-refractivity contribution is 0.197. The lowest BCUT2D eigenvalue weighted by Gasteiger charge is -2.34. The molecule has 1 aliphatic heterocycles. The van der Waals surface area contributed by atoms with Gasteiger partial charge in [0, 0.05) is 47.4 Å². The van der Waals surface area contributed by atoms with Crippen molar-refractivity contribution in [1.29, 1.82) is 0 Å². The second kappa shape index (κ2) is 6.59. The summed E-state index contributed by atoms with van der Waals surface area (Å²) in [6.45, 7) is 3.44. The van der Waals surface area contributed by atoms with Crippen LogP contribution in [-0.2, 0) is 0 Å². The summed E-state index contributed by atoms with van der Waals surface area (Å²) in [7, 11) is 0. The predicted octanol–water partition coefficient (Wildman–Crippen LogP) is 4.17. The summed E-state index contributed by atoms with van der Waals surface area (Å²) in [5, 5.41) is 4.50. The van der Waals surface area contributed by atoms with Crippen molar-refractivity contribution in [2.45, 2.75) is 6.04 Å². The van der Waals surface area contributed by atoms with Crippen LogP contribution in [0.2, 0.25) is 0 Å². The van der Waals surface area contributed by atoms with Gasteiger partial charge in [0.15, 0.2) is 0 Å². The number of benzene rings is 2. The molecule has 5 heteroatoms. The fourth-order valence-corrected chi connectivity index (χ4v) is 4.55. The van der Waals surface area contributed by atoms with Crippen LogP contribution >= 0.6 is 11.3 Å². The Morgan fingerprint density at radius 2 is 1.79 bits per heavy atom. The first-order chi connectivity index (χ1) is 11.7. The Hall–Kier alpha value is -1.82. The number of hydrogen-bond donors (Lipinski definition) is 1. The molecule has 0 amide bonds. The molecule has 2 nitrogen and oxygen atoms in total. The van der Waals surface area contributed by atoms with E-state index < -0.39 is 11.6 Å². The first-order valence-corrected chi connectivity index (χ1v) is 8.92. The Labute approximate surface area is 143 Å². The van der Waals surface area contributed by atoms with Crippen molar-refractivity contribution in [3.05, 3.63) is 70.6 Å². The van der Waals surface area contributed by atoms with Crippen molar-refractivity contribution in [3.8, 4) is 0 Å². The van der Waals surface area contributed by atoms with Gasteiger partial charge in [-0.25, -0.2) is 8.78 Å². The fraction of sp³-hybridized carbons (Fsp3) is 0.263. The standard InChI is InChI=1S/C19H18F2N2S/c20-14-5-6-15(16(21)12-14)19(23-9-7-22-8-10-23)18-11-13-3-1-2-4-17(13)24-18/h1-6,11-12,19,22H,7-10H2. The molecule has 1 fully saturated rings. The number of rotatable bonds is 3. The van der Waals surface area contributed by atoms with Gasteiger partial charge in [-0.05, 0) is 23.6 Å². The molecule has 0 saturated carbocycles. The summed E-state index contributed by atoms with van der Waals surface area (Å²) < 4.78 is 29.1. The number of halogens is 2. The second-order valence-corrected chi connectivity index (χ2v) is 7.16. The quantitative estimate of drug-likeness (QED) is 0.767. The molecule has 2 heterocycles. The van der Waals surface area contributed by atoms with E-state index in [1.54, 1.807) is 17.4 Å². The van der Waals surface area contributed by atoms with Gasteiger partial charge < -0.3 is 5.32 Å². The first kappa shape index (κ1) is 15.7. The van der Waals surface area contributed by atoms with E-state index in [4.69, 9.17) is 0 Å². The molecule has 3 aromatic rings. The van der Waals surface area contributed by atoms with E-state index in [1.165, 1.54) is 16.2 Å². The lowest BCUT2D eigenvalue weighted by Crippen LogP contribution is -2.45.